The van der Waals surface area contributed by atoms with Crippen LogP contribution in [0.25, 0.3) is 0 Å². The summed E-state index contributed by atoms with van der Waals surface area (Å²) in [5.74, 6) is -1.42. The van der Waals surface area contributed by atoms with Gasteiger partial charge >= 0.3 is 5.97 Å². The number of ether oxygens (including phenoxy) is 1. The van der Waals surface area contributed by atoms with Gasteiger partial charge in [0.1, 0.15) is 11.3 Å². The van der Waals surface area contributed by atoms with Gasteiger partial charge in [0, 0.05) is 12.2 Å². The number of carboxylic acids is 1. The molecule has 1 aliphatic carbocycles. The van der Waals surface area contributed by atoms with Crippen molar-refractivity contribution < 1.29 is 23.1 Å². The van der Waals surface area contributed by atoms with Gasteiger partial charge in [-0.05, 0) is 17.7 Å². The zero-order chi connectivity index (χ0) is 14.4. The Morgan fingerprint density at radius 1 is 1.37 bits per heavy atom. The number of nitrogens with two attached hydrogens (primary N) is 1. The predicted molar refractivity (Wildman–Crippen MR) is 68.9 cm³/mol. The molecule has 0 aromatic heterocycles. The van der Waals surface area contributed by atoms with Crippen LogP contribution in [0.4, 0.5) is 0 Å². The topological polar surface area (TPSA) is 107 Å². The van der Waals surface area contributed by atoms with E-state index in [1.807, 2.05) is 0 Å². The molecule has 0 radical (unpaired) electrons. The molecule has 2 rings (SSSR count). The SMILES string of the molecule is COc1ccc([C@@H]2[C@@H](S(C)(=O)=O)[C@]2(N)C(=O)O)cc1. The van der Waals surface area contributed by atoms with Gasteiger partial charge < -0.3 is 15.6 Å². The van der Waals surface area contributed by atoms with Crippen molar-refractivity contribution in [1.82, 2.24) is 0 Å². The van der Waals surface area contributed by atoms with E-state index >= 15 is 0 Å². The Bertz CT molecular complexity index is 610. The highest BCUT2D eigenvalue weighted by Crippen LogP contribution is 2.54. The maximum Gasteiger partial charge on any atom is 0.325 e. The molecule has 1 aromatic rings. The zero-order valence-corrected chi connectivity index (χ0v) is 11.3. The molecule has 7 heteroatoms. The smallest absolute Gasteiger partial charge is 0.325 e. The maximum atomic E-state index is 11.7. The summed E-state index contributed by atoms with van der Waals surface area (Å²) in [4.78, 5) is 11.2. The third-order valence-electron chi connectivity index (χ3n) is 3.49. The molecule has 0 unspecified atom stereocenters. The lowest BCUT2D eigenvalue weighted by atomic mass is 10.1. The Kier molecular flexibility index (Phi) is 3.06. The van der Waals surface area contributed by atoms with E-state index in [1.165, 1.54) is 7.11 Å². The highest BCUT2D eigenvalue weighted by Gasteiger charge is 2.73. The van der Waals surface area contributed by atoms with Crippen LogP contribution >= 0.6 is 0 Å². The summed E-state index contributed by atoms with van der Waals surface area (Å²) in [6, 6.07) is 6.57. The van der Waals surface area contributed by atoms with Gasteiger partial charge in [-0.2, -0.15) is 0 Å². The monoisotopic (exact) mass is 285 g/mol. The second kappa shape index (κ2) is 4.21. The van der Waals surface area contributed by atoms with Crippen LogP contribution < -0.4 is 10.5 Å². The number of hydrogen-bond donors (Lipinski definition) is 2. The van der Waals surface area contributed by atoms with Crippen molar-refractivity contribution in [3.63, 3.8) is 0 Å². The fraction of sp³-hybridized carbons (Fsp3) is 0.417. The van der Waals surface area contributed by atoms with Crippen molar-refractivity contribution in [3.05, 3.63) is 29.8 Å². The molecule has 0 aliphatic heterocycles. The van der Waals surface area contributed by atoms with Crippen molar-refractivity contribution in [1.29, 1.82) is 0 Å². The van der Waals surface area contributed by atoms with Gasteiger partial charge in [0.05, 0.1) is 12.4 Å². The van der Waals surface area contributed by atoms with Crippen LogP contribution in [-0.2, 0) is 14.6 Å². The van der Waals surface area contributed by atoms with Crippen molar-refractivity contribution in [3.8, 4) is 5.75 Å². The fourth-order valence-electron chi connectivity index (χ4n) is 2.49. The lowest BCUT2D eigenvalue weighted by molar-refractivity contribution is -0.139. The lowest BCUT2D eigenvalue weighted by Crippen LogP contribution is -2.39. The molecule has 0 saturated heterocycles. The molecule has 3 atom stereocenters. The van der Waals surface area contributed by atoms with Gasteiger partial charge in [0.2, 0.25) is 0 Å². The number of carboxylic acid groups (broad SMARTS) is 1. The Balaban J connectivity index is 2.41. The molecule has 0 heterocycles. The van der Waals surface area contributed by atoms with Gasteiger partial charge in [0.15, 0.2) is 9.84 Å². The summed E-state index contributed by atoms with van der Waals surface area (Å²) in [6.07, 6.45) is 1.01. The van der Waals surface area contributed by atoms with E-state index in [0.717, 1.165) is 6.26 Å². The summed E-state index contributed by atoms with van der Waals surface area (Å²) < 4.78 is 28.3. The minimum Gasteiger partial charge on any atom is -0.497 e. The first-order valence-corrected chi connectivity index (χ1v) is 7.53. The van der Waals surface area contributed by atoms with Crippen molar-refractivity contribution in [2.24, 2.45) is 5.73 Å². The summed E-state index contributed by atoms with van der Waals surface area (Å²) in [6.45, 7) is 0. The number of benzene rings is 1. The van der Waals surface area contributed by atoms with Crippen LogP contribution in [0.15, 0.2) is 24.3 Å². The van der Waals surface area contributed by atoms with Crippen LogP contribution in [0.1, 0.15) is 11.5 Å². The molecular weight excluding hydrogens is 270 g/mol. The molecule has 0 amide bonds. The largest absolute Gasteiger partial charge is 0.497 e. The molecule has 1 aromatic carbocycles. The molecule has 19 heavy (non-hydrogen) atoms. The first kappa shape index (κ1) is 13.8. The Labute approximate surface area is 111 Å². The Hall–Kier alpha value is -1.60. The molecule has 3 N–H and O–H groups in total. The molecule has 1 fully saturated rings. The summed E-state index contributed by atoms with van der Waals surface area (Å²) >= 11 is 0. The van der Waals surface area contributed by atoms with E-state index < -0.39 is 32.5 Å². The highest BCUT2D eigenvalue weighted by atomic mass is 32.2. The van der Waals surface area contributed by atoms with Gasteiger partial charge in [-0.3, -0.25) is 4.79 Å². The maximum absolute atomic E-state index is 11.7. The second-order valence-corrected chi connectivity index (χ2v) is 6.91. The normalized spacial score (nSPS) is 29.8. The van der Waals surface area contributed by atoms with E-state index in [1.54, 1.807) is 24.3 Å². The Morgan fingerprint density at radius 2 is 1.89 bits per heavy atom. The van der Waals surface area contributed by atoms with E-state index in [4.69, 9.17) is 15.6 Å². The lowest BCUT2D eigenvalue weighted by Gasteiger charge is -2.05. The number of hydrogen-bond acceptors (Lipinski definition) is 5. The van der Waals surface area contributed by atoms with Gasteiger partial charge in [-0.15, -0.1) is 0 Å². The second-order valence-electron chi connectivity index (χ2n) is 4.74. The van der Waals surface area contributed by atoms with Crippen molar-refractivity contribution in [2.45, 2.75) is 16.7 Å². The standard InChI is InChI=1S/C12H15NO5S/c1-18-8-5-3-7(4-6-8)9-10(19(2,16)17)12(9,13)11(14)15/h3-6,9-10H,13H2,1-2H3,(H,14,15)/t9-,10-,12+/m1/s1. The van der Waals surface area contributed by atoms with Crippen LogP contribution in [0.3, 0.4) is 0 Å². The van der Waals surface area contributed by atoms with E-state index in [0.29, 0.717) is 11.3 Å². The molecule has 1 aliphatic rings. The number of sulfone groups is 1. The van der Waals surface area contributed by atoms with Crippen molar-refractivity contribution in [2.75, 3.05) is 13.4 Å². The molecule has 6 nitrogen and oxygen atoms in total. The first-order chi connectivity index (χ1) is 8.72. The van der Waals surface area contributed by atoms with Gasteiger partial charge in [0.25, 0.3) is 0 Å². The zero-order valence-electron chi connectivity index (χ0n) is 10.5. The van der Waals surface area contributed by atoms with E-state index in [2.05, 4.69) is 0 Å². The van der Waals surface area contributed by atoms with Gasteiger partial charge in [-0.25, -0.2) is 8.42 Å². The number of carbonyl (C=O) groups is 1. The highest BCUT2D eigenvalue weighted by molar-refractivity contribution is 7.91. The molecule has 0 spiro atoms. The average molecular weight is 285 g/mol. The quantitative estimate of drug-likeness (QED) is 0.805. The Morgan fingerprint density at radius 3 is 2.21 bits per heavy atom. The molecule has 104 valence electrons. The van der Waals surface area contributed by atoms with Crippen molar-refractivity contribution >= 4 is 15.8 Å². The van der Waals surface area contributed by atoms with Gasteiger partial charge in [-0.1, -0.05) is 12.1 Å². The summed E-state index contributed by atoms with van der Waals surface area (Å²) in [5, 5.41) is 8.07. The third-order valence-corrected chi connectivity index (χ3v) is 5.07. The minimum absolute atomic E-state index is 0.584. The molecule has 1 saturated carbocycles. The number of rotatable bonds is 4. The van der Waals surface area contributed by atoms with Crippen LogP contribution in [-0.4, -0.2) is 43.6 Å². The first-order valence-electron chi connectivity index (χ1n) is 5.58. The molecular formula is C12H15NO5S. The number of aliphatic carboxylic acids is 1. The predicted octanol–water partition coefficient (Wildman–Crippen LogP) is -0.0123. The third kappa shape index (κ3) is 2.08. The van der Waals surface area contributed by atoms with Crippen LogP contribution in [0, 0.1) is 0 Å². The molecule has 0 bridgehead atoms. The van der Waals surface area contributed by atoms with Crippen LogP contribution in [0.2, 0.25) is 0 Å². The van der Waals surface area contributed by atoms with E-state index in [9.17, 15) is 13.2 Å². The minimum atomic E-state index is -3.53. The number of methoxy groups -OCH3 is 1. The summed E-state index contributed by atoms with van der Waals surface area (Å²) in [5.41, 5.74) is 4.59. The van der Waals surface area contributed by atoms with E-state index in [-0.39, 0.29) is 0 Å². The fourth-order valence-corrected chi connectivity index (χ4v) is 4.25. The average Bonchev–Trinajstić information content (AvgIpc) is 2.98. The summed E-state index contributed by atoms with van der Waals surface area (Å²) in [7, 11) is -2.02. The van der Waals surface area contributed by atoms with Crippen LogP contribution in [0.5, 0.6) is 5.75 Å².